The first kappa shape index (κ1) is 11.5. The number of benzene rings is 1. The number of rotatable bonds is 2. The van der Waals surface area contributed by atoms with Crippen LogP contribution in [0, 0.1) is 12.3 Å². The van der Waals surface area contributed by atoms with Crippen molar-refractivity contribution in [3.05, 3.63) is 29.3 Å². The predicted molar refractivity (Wildman–Crippen MR) is 64.7 cm³/mol. The minimum atomic E-state index is -0.393. The molecule has 3 amide bonds. The van der Waals surface area contributed by atoms with Crippen molar-refractivity contribution in [3.8, 4) is 12.3 Å². The van der Waals surface area contributed by atoms with Gasteiger partial charge in [0.1, 0.15) is 6.54 Å². The molecule has 5 heteroatoms. The van der Waals surface area contributed by atoms with Crippen molar-refractivity contribution in [1.29, 1.82) is 0 Å². The number of urea groups is 1. The van der Waals surface area contributed by atoms with Crippen LogP contribution < -0.4 is 4.90 Å². The lowest BCUT2D eigenvalue weighted by Gasteiger charge is -2.15. The zero-order chi connectivity index (χ0) is 12.4. The highest BCUT2D eigenvalue weighted by atomic mass is 35.5. The Bertz CT molecular complexity index is 504. The first-order chi connectivity index (χ1) is 8.13. The van der Waals surface area contributed by atoms with Crippen LogP contribution in [0.1, 0.15) is 0 Å². The van der Waals surface area contributed by atoms with E-state index in [2.05, 4.69) is 5.92 Å². The van der Waals surface area contributed by atoms with E-state index in [1.165, 1.54) is 4.90 Å². The van der Waals surface area contributed by atoms with Crippen molar-refractivity contribution in [2.45, 2.75) is 0 Å². The molecule has 0 aliphatic carbocycles. The summed E-state index contributed by atoms with van der Waals surface area (Å²) in [6, 6.07) is 6.10. The summed E-state index contributed by atoms with van der Waals surface area (Å²) in [5.41, 5.74) is 0.504. The average molecular weight is 249 g/mol. The van der Waals surface area contributed by atoms with E-state index in [-0.39, 0.29) is 19.0 Å². The average Bonchev–Trinajstić information content (AvgIpc) is 2.57. The number of hydrogen-bond donors (Lipinski definition) is 0. The molecule has 1 heterocycles. The minimum Gasteiger partial charge on any atom is -0.303 e. The third-order valence-electron chi connectivity index (χ3n) is 2.40. The normalized spacial score (nSPS) is 15.3. The topological polar surface area (TPSA) is 40.6 Å². The van der Waals surface area contributed by atoms with Crippen LogP contribution in [-0.4, -0.2) is 29.9 Å². The summed E-state index contributed by atoms with van der Waals surface area (Å²) in [6.07, 6.45) is 5.13. The van der Waals surface area contributed by atoms with Gasteiger partial charge in [0.05, 0.1) is 12.2 Å². The lowest BCUT2D eigenvalue weighted by molar-refractivity contribution is -0.116. The largest absolute Gasteiger partial charge is 0.332 e. The summed E-state index contributed by atoms with van der Waals surface area (Å²) in [5, 5.41) is 0.549. The predicted octanol–water partition coefficient (Wildman–Crippen LogP) is 1.74. The minimum absolute atomic E-state index is 0.0195. The molecule has 0 bridgehead atoms. The summed E-state index contributed by atoms with van der Waals surface area (Å²) in [6.45, 7) is 0.153. The Labute approximate surface area is 104 Å². The summed E-state index contributed by atoms with van der Waals surface area (Å²) in [4.78, 5) is 26.0. The Morgan fingerprint density at radius 3 is 2.53 bits per heavy atom. The van der Waals surface area contributed by atoms with E-state index in [1.807, 2.05) is 0 Å². The summed E-state index contributed by atoms with van der Waals surface area (Å²) < 4.78 is 0. The number of terminal acetylenes is 1. The molecule has 17 heavy (non-hydrogen) atoms. The number of imide groups is 1. The molecule has 0 radical (unpaired) electrons. The fraction of sp³-hybridized carbons (Fsp3) is 0.167. The number of carbonyl (C=O) groups excluding carboxylic acids is 2. The molecular weight excluding hydrogens is 240 g/mol. The maximum atomic E-state index is 11.9. The fourth-order valence-corrected chi connectivity index (χ4v) is 1.75. The number of halogens is 1. The van der Waals surface area contributed by atoms with Gasteiger partial charge in [0.25, 0.3) is 5.91 Å². The van der Waals surface area contributed by atoms with E-state index in [0.29, 0.717) is 10.7 Å². The first-order valence-corrected chi connectivity index (χ1v) is 5.32. The van der Waals surface area contributed by atoms with Gasteiger partial charge in [-0.15, -0.1) is 6.42 Å². The summed E-state index contributed by atoms with van der Waals surface area (Å²) in [5.74, 6) is 2.06. The molecule has 0 aromatic heterocycles. The Morgan fingerprint density at radius 1 is 1.29 bits per heavy atom. The first-order valence-electron chi connectivity index (χ1n) is 4.94. The van der Waals surface area contributed by atoms with Gasteiger partial charge in [-0.25, -0.2) is 9.69 Å². The molecule has 0 N–H and O–H groups in total. The second-order valence-corrected chi connectivity index (χ2v) is 3.98. The van der Waals surface area contributed by atoms with Crippen molar-refractivity contribution >= 4 is 29.2 Å². The Balaban J connectivity index is 2.28. The second-order valence-electron chi connectivity index (χ2n) is 3.55. The number of anilines is 1. The van der Waals surface area contributed by atoms with Gasteiger partial charge in [0, 0.05) is 5.02 Å². The van der Waals surface area contributed by atoms with Crippen LogP contribution in [-0.2, 0) is 4.79 Å². The van der Waals surface area contributed by atoms with Crippen LogP contribution >= 0.6 is 11.6 Å². The Morgan fingerprint density at radius 2 is 1.94 bits per heavy atom. The molecule has 4 nitrogen and oxygen atoms in total. The zero-order valence-electron chi connectivity index (χ0n) is 8.89. The highest BCUT2D eigenvalue weighted by Crippen LogP contribution is 2.22. The van der Waals surface area contributed by atoms with Crippen LogP contribution in [0.25, 0.3) is 0 Å². The molecule has 1 aliphatic heterocycles. The fourth-order valence-electron chi connectivity index (χ4n) is 1.63. The highest BCUT2D eigenvalue weighted by molar-refractivity contribution is 6.30. The maximum absolute atomic E-state index is 11.9. The van der Waals surface area contributed by atoms with Crippen molar-refractivity contribution in [3.63, 3.8) is 0 Å². The monoisotopic (exact) mass is 248 g/mol. The van der Waals surface area contributed by atoms with Crippen molar-refractivity contribution in [2.24, 2.45) is 0 Å². The molecule has 1 aromatic rings. The van der Waals surface area contributed by atoms with Gasteiger partial charge in [0.2, 0.25) is 0 Å². The molecule has 86 valence electrons. The standard InChI is InChI=1S/C12H9ClN2O2/c1-2-7-14-8-11(16)15(12(14)17)10-5-3-9(13)4-6-10/h1,3-6H,7-8H2. The molecule has 0 atom stereocenters. The Hall–Kier alpha value is -1.99. The molecule has 1 aliphatic rings. The Kier molecular flexibility index (Phi) is 3.03. The van der Waals surface area contributed by atoms with Crippen molar-refractivity contribution < 1.29 is 9.59 Å². The van der Waals surface area contributed by atoms with Crippen molar-refractivity contribution in [1.82, 2.24) is 4.90 Å². The zero-order valence-corrected chi connectivity index (χ0v) is 9.65. The van der Waals surface area contributed by atoms with Gasteiger partial charge in [-0.2, -0.15) is 0 Å². The lowest BCUT2D eigenvalue weighted by Crippen LogP contribution is -2.33. The third-order valence-corrected chi connectivity index (χ3v) is 2.66. The number of carbonyl (C=O) groups is 2. The van der Waals surface area contributed by atoms with Gasteiger partial charge in [0.15, 0.2) is 0 Å². The maximum Gasteiger partial charge on any atom is 0.332 e. The number of amides is 3. The third kappa shape index (κ3) is 2.10. The number of hydrogen-bond acceptors (Lipinski definition) is 2. The lowest BCUT2D eigenvalue weighted by atomic mass is 10.3. The van der Waals surface area contributed by atoms with Crippen LogP contribution in [0.15, 0.2) is 24.3 Å². The summed E-state index contributed by atoms with van der Waals surface area (Å²) in [7, 11) is 0. The molecule has 2 rings (SSSR count). The van der Waals surface area contributed by atoms with E-state index in [1.54, 1.807) is 24.3 Å². The SMILES string of the molecule is C#CCN1CC(=O)N(c2ccc(Cl)cc2)C1=O. The molecule has 1 aromatic carbocycles. The van der Waals surface area contributed by atoms with Gasteiger partial charge >= 0.3 is 6.03 Å². The molecule has 1 saturated heterocycles. The van der Waals surface area contributed by atoms with Gasteiger partial charge in [-0.3, -0.25) is 4.79 Å². The van der Waals surface area contributed by atoms with E-state index < -0.39 is 6.03 Å². The second kappa shape index (κ2) is 4.48. The number of nitrogens with zero attached hydrogens (tertiary/aromatic N) is 2. The van der Waals surface area contributed by atoms with Crippen LogP contribution in [0.2, 0.25) is 5.02 Å². The van der Waals surface area contributed by atoms with Crippen LogP contribution in [0.5, 0.6) is 0 Å². The quantitative estimate of drug-likeness (QED) is 0.591. The van der Waals surface area contributed by atoms with Gasteiger partial charge in [-0.1, -0.05) is 17.5 Å². The highest BCUT2D eigenvalue weighted by Gasteiger charge is 2.36. The molecule has 0 unspecified atom stereocenters. The van der Waals surface area contributed by atoms with E-state index >= 15 is 0 Å². The van der Waals surface area contributed by atoms with E-state index in [4.69, 9.17) is 18.0 Å². The van der Waals surface area contributed by atoms with Crippen LogP contribution in [0.3, 0.4) is 0 Å². The molecular formula is C12H9ClN2O2. The van der Waals surface area contributed by atoms with Gasteiger partial charge < -0.3 is 4.90 Å². The smallest absolute Gasteiger partial charge is 0.303 e. The van der Waals surface area contributed by atoms with E-state index in [0.717, 1.165) is 4.90 Å². The summed E-state index contributed by atoms with van der Waals surface area (Å²) >= 11 is 5.74. The van der Waals surface area contributed by atoms with Crippen LogP contribution in [0.4, 0.5) is 10.5 Å². The van der Waals surface area contributed by atoms with Crippen molar-refractivity contribution in [2.75, 3.05) is 18.0 Å². The van der Waals surface area contributed by atoms with E-state index in [9.17, 15) is 9.59 Å². The molecule has 1 fully saturated rings. The molecule has 0 spiro atoms. The van der Waals surface area contributed by atoms with Gasteiger partial charge in [-0.05, 0) is 24.3 Å². The molecule has 0 saturated carbocycles.